The molecule has 0 bridgehead atoms. The Morgan fingerprint density at radius 2 is 1.56 bits per heavy atom. The molecule has 0 spiro atoms. The average Bonchev–Trinajstić information content (AvgIpc) is 3.47. The summed E-state index contributed by atoms with van der Waals surface area (Å²) in [5, 5.41) is 5.84. The Labute approximate surface area is 267 Å². The first-order valence-electron chi connectivity index (χ1n) is 15.1. The first-order valence-corrected chi connectivity index (χ1v) is 17.4. The maximum atomic E-state index is 12.9. The molecule has 1 aromatic heterocycles. The summed E-state index contributed by atoms with van der Waals surface area (Å²) >= 11 is 5.48. The second kappa shape index (κ2) is 17.8. The number of carbonyl (C=O) groups is 1. The number of unbranched alkanes of at least 4 members (excludes halogenated alkanes) is 9. The molecule has 43 heavy (non-hydrogen) atoms. The lowest BCUT2D eigenvalue weighted by molar-refractivity contribution is 0.102. The zero-order valence-corrected chi connectivity index (χ0v) is 27.0. The number of aromatic nitrogens is 1. The lowest BCUT2D eigenvalue weighted by Gasteiger charge is -2.09. The molecule has 0 fully saturated rings. The van der Waals surface area contributed by atoms with E-state index in [0.717, 1.165) is 17.7 Å². The van der Waals surface area contributed by atoms with E-state index in [-0.39, 0.29) is 5.91 Å². The maximum absolute atomic E-state index is 12.9. The predicted octanol–water partition coefficient (Wildman–Crippen LogP) is 10.2. The van der Waals surface area contributed by atoms with Gasteiger partial charge in [0.25, 0.3) is 5.91 Å². The Balaban J connectivity index is 1.18. The average molecular weight is 638 g/mol. The van der Waals surface area contributed by atoms with Crippen molar-refractivity contribution in [2.45, 2.75) is 77.6 Å². The second-order valence-electron chi connectivity index (χ2n) is 10.6. The van der Waals surface area contributed by atoms with Crippen LogP contribution in [0.2, 0.25) is 5.02 Å². The number of thiazole rings is 1. The van der Waals surface area contributed by atoms with Gasteiger partial charge in [-0.2, -0.15) is 4.21 Å². The Kier molecular flexibility index (Phi) is 13.5. The van der Waals surface area contributed by atoms with Gasteiger partial charge in [0.1, 0.15) is 5.75 Å². The molecule has 4 aromatic rings. The van der Waals surface area contributed by atoms with Crippen molar-refractivity contribution in [2.75, 3.05) is 10.0 Å². The predicted molar refractivity (Wildman–Crippen MR) is 181 cm³/mol. The number of nitrogens with zero attached hydrogens (tertiary/aromatic N) is 1. The number of halogens is 1. The topological polar surface area (TPSA) is 80.3 Å². The number of hydrogen-bond donors (Lipinski definition) is 2. The quantitative estimate of drug-likeness (QED) is 0.106. The molecule has 1 amide bonds. The first kappa shape index (κ1) is 32.7. The molecule has 4 rings (SSSR count). The van der Waals surface area contributed by atoms with Crippen molar-refractivity contribution in [1.29, 1.82) is 0 Å². The lowest BCUT2D eigenvalue weighted by atomic mass is 10.0. The van der Waals surface area contributed by atoms with Gasteiger partial charge in [-0.1, -0.05) is 107 Å². The number of amides is 1. The molecular weight excluding hydrogens is 598 g/mol. The fourth-order valence-corrected chi connectivity index (χ4v) is 6.20. The molecule has 3 aromatic carbocycles. The summed E-state index contributed by atoms with van der Waals surface area (Å²) in [7, 11) is 0. The minimum Gasteiger partial charge on any atom is -0.385 e. The highest BCUT2D eigenvalue weighted by Gasteiger charge is 2.12. The monoisotopic (exact) mass is 637 g/mol. The second-order valence-corrected chi connectivity index (χ2v) is 12.7. The van der Waals surface area contributed by atoms with Crippen LogP contribution in [0.15, 0.2) is 78.2 Å². The van der Waals surface area contributed by atoms with Gasteiger partial charge in [0.05, 0.1) is 11.4 Å². The molecule has 1 heterocycles. The van der Waals surface area contributed by atoms with Crippen LogP contribution in [0.4, 0.5) is 10.8 Å². The number of rotatable bonds is 18. The summed E-state index contributed by atoms with van der Waals surface area (Å²) < 4.78 is 21.0. The summed E-state index contributed by atoms with van der Waals surface area (Å²) in [4.78, 5) is 17.4. The zero-order chi connectivity index (χ0) is 30.3. The summed E-state index contributed by atoms with van der Waals surface area (Å²) in [5.74, 6) is 0.206. The Hall–Kier alpha value is -3.20. The standard InChI is InChI=1S/C34H40ClN3O3S2/c1-2-3-4-5-6-7-8-9-10-11-13-26-16-22-31(23-17-26)41-43(40)38-30-15-12-14-28(24-30)33(39)37-34-36-32(25-42-34)27-18-20-29(35)21-19-27/h12,14-25,38H,2-11,13H2,1H3,(H,36,37,39). The van der Waals surface area contributed by atoms with Crippen molar-refractivity contribution in [3.8, 4) is 17.0 Å². The summed E-state index contributed by atoms with van der Waals surface area (Å²) in [6, 6.07) is 21.9. The highest BCUT2D eigenvalue weighted by atomic mass is 35.5. The van der Waals surface area contributed by atoms with Crippen LogP contribution in [0.25, 0.3) is 11.3 Å². The van der Waals surface area contributed by atoms with E-state index in [0.29, 0.717) is 27.2 Å². The Bertz CT molecular complexity index is 1440. The lowest BCUT2D eigenvalue weighted by Crippen LogP contribution is -2.14. The largest absolute Gasteiger partial charge is 0.385 e. The van der Waals surface area contributed by atoms with Gasteiger partial charge in [0.15, 0.2) is 5.13 Å². The number of hydrogen-bond acceptors (Lipinski definition) is 5. The number of anilines is 2. The van der Waals surface area contributed by atoms with Gasteiger partial charge in [0, 0.05) is 21.5 Å². The first-order chi connectivity index (χ1) is 21.0. The zero-order valence-electron chi connectivity index (χ0n) is 24.7. The summed E-state index contributed by atoms with van der Waals surface area (Å²) in [6.07, 6.45) is 14.3. The molecule has 6 nitrogen and oxygen atoms in total. The van der Waals surface area contributed by atoms with E-state index in [1.165, 1.54) is 81.1 Å². The SMILES string of the molecule is CCCCCCCCCCCCc1ccc(OS(=O)Nc2cccc(C(=O)Nc3nc(-c4ccc(Cl)cc4)cs3)c2)cc1. The van der Waals surface area contributed by atoms with Crippen molar-refractivity contribution in [3.63, 3.8) is 0 Å². The highest BCUT2D eigenvalue weighted by molar-refractivity contribution is 7.81. The molecule has 0 aliphatic heterocycles. The molecule has 9 heteroatoms. The summed E-state index contributed by atoms with van der Waals surface area (Å²) in [5.41, 5.74) is 3.83. The van der Waals surface area contributed by atoms with Gasteiger partial charge in [-0.3, -0.25) is 14.8 Å². The third-order valence-electron chi connectivity index (χ3n) is 7.10. The molecular formula is C34H40ClN3O3S2. The van der Waals surface area contributed by atoms with Crippen LogP contribution < -0.4 is 14.2 Å². The minimum absolute atomic E-state index is 0.314. The highest BCUT2D eigenvalue weighted by Crippen LogP contribution is 2.26. The number of benzene rings is 3. The number of carbonyl (C=O) groups excluding carboxylic acids is 1. The van der Waals surface area contributed by atoms with E-state index in [1.54, 1.807) is 36.4 Å². The van der Waals surface area contributed by atoms with E-state index in [4.69, 9.17) is 15.8 Å². The van der Waals surface area contributed by atoms with Crippen molar-refractivity contribution in [1.82, 2.24) is 4.98 Å². The molecule has 228 valence electrons. The van der Waals surface area contributed by atoms with Gasteiger partial charge >= 0.3 is 11.3 Å². The fourth-order valence-electron chi connectivity index (χ4n) is 4.71. The van der Waals surface area contributed by atoms with Crippen LogP contribution >= 0.6 is 22.9 Å². The number of nitrogens with one attached hydrogen (secondary N) is 2. The van der Waals surface area contributed by atoms with Crippen LogP contribution in [0.3, 0.4) is 0 Å². The van der Waals surface area contributed by atoms with Crippen LogP contribution in [0, 0.1) is 0 Å². The molecule has 0 saturated heterocycles. The van der Waals surface area contributed by atoms with E-state index >= 15 is 0 Å². The van der Waals surface area contributed by atoms with Gasteiger partial charge in [-0.05, 0) is 60.9 Å². The summed E-state index contributed by atoms with van der Waals surface area (Å²) in [6.45, 7) is 2.26. The maximum Gasteiger partial charge on any atom is 0.316 e. The van der Waals surface area contributed by atoms with Gasteiger partial charge in [-0.15, -0.1) is 11.3 Å². The third kappa shape index (κ3) is 11.4. The number of aryl methyl sites for hydroxylation is 1. The smallest absolute Gasteiger partial charge is 0.316 e. The van der Waals surface area contributed by atoms with Crippen LogP contribution in [-0.2, 0) is 17.7 Å². The molecule has 2 N–H and O–H groups in total. The minimum atomic E-state index is -1.82. The molecule has 0 saturated carbocycles. The molecule has 0 radical (unpaired) electrons. The van der Waals surface area contributed by atoms with Crippen molar-refractivity contribution in [3.05, 3.63) is 94.3 Å². The van der Waals surface area contributed by atoms with Gasteiger partial charge < -0.3 is 4.18 Å². The molecule has 1 unspecified atom stereocenters. The van der Waals surface area contributed by atoms with Gasteiger partial charge in [-0.25, -0.2) is 4.98 Å². The Morgan fingerprint density at radius 1 is 0.884 bits per heavy atom. The van der Waals surface area contributed by atoms with Crippen LogP contribution in [0.5, 0.6) is 5.75 Å². The van der Waals surface area contributed by atoms with Crippen LogP contribution in [-0.4, -0.2) is 15.1 Å². The normalized spacial score (nSPS) is 11.7. The fraction of sp³-hybridized carbons (Fsp3) is 0.353. The molecule has 1 atom stereocenters. The molecule has 0 aliphatic carbocycles. The van der Waals surface area contributed by atoms with Crippen LogP contribution in [0.1, 0.15) is 87.1 Å². The van der Waals surface area contributed by atoms with Crippen molar-refractivity contribution in [2.24, 2.45) is 0 Å². The van der Waals surface area contributed by atoms with E-state index < -0.39 is 11.3 Å². The van der Waals surface area contributed by atoms with E-state index in [1.807, 2.05) is 41.8 Å². The molecule has 0 aliphatic rings. The van der Waals surface area contributed by atoms with E-state index in [9.17, 15) is 9.00 Å². The van der Waals surface area contributed by atoms with Gasteiger partial charge in [0.2, 0.25) is 0 Å². The Morgan fingerprint density at radius 3 is 2.26 bits per heavy atom. The van der Waals surface area contributed by atoms with E-state index in [2.05, 4.69) is 21.9 Å². The van der Waals surface area contributed by atoms with Crippen molar-refractivity contribution < 1.29 is 13.2 Å². The van der Waals surface area contributed by atoms with Crippen molar-refractivity contribution >= 4 is 50.9 Å². The third-order valence-corrected chi connectivity index (χ3v) is 8.86.